The minimum absolute atomic E-state index is 0.0222. The van der Waals surface area contributed by atoms with E-state index in [9.17, 15) is 22.4 Å². The van der Waals surface area contributed by atoms with Gasteiger partial charge >= 0.3 is 0 Å². The molecule has 0 aromatic heterocycles. The molecule has 0 bridgehead atoms. The normalized spacial score (nSPS) is 12.2. The van der Waals surface area contributed by atoms with E-state index in [1.54, 1.807) is 6.92 Å². The number of carbonyl (C=O) groups excluding carboxylic acids is 2. The van der Waals surface area contributed by atoms with Gasteiger partial charge in [-0.1, -0.05) is 53.9 Å². The number of hydrogen-bond donors (Lipinski definition) is 1. The van der Waals surface area contributed by atoms with Crippen LogP contribution < -0.4 is 9.62 Å². The smallest absolute Gasteiger partial charge is 0.244 e. The molecule has 0 aliphatic rings. The van der Waals surface area contributed by atoms with E-state index < -0.39 is 40.2 Å². The summed E-state index contributed by atoms with van der Waals surface area (Å²) in [6, 6.07) is 7.07. The number of hydrogen-bond acceptors (Lipinski definition) is 4. The summed E-state index contributed by atoms with van der Waals surface area (Å²) in [6.07, 6.45) is 1.18. The molecule has 1 unspecified atom stereocenters. The first kappa shape index (κ1) is 27.2. The Morgan fingerprint density at radius 2 is 1.64 bits per heavy atom. The maximum Gasteiger partial charge on any atom is 0.244 e. The van der Waals surface area contributed by atoms with Gasteiger partial charge in [0.2, 0.25) is 21.8 Å². The SMILES string of the molecule is CCC(C(=O)NC)N(Cc1ccc(F)cc1)C(=O)CN(c1cc(Cl)c(Cl)cc1Cl)S(C)(=O)=O. The van der Waals surface area contributed by atoms with E-state index in [4.69, 9.17) is 34.8 Å². The molecule has 1 atom stereocenters. The first-order valence-corrected chi connectivity index (χ1v) is 12.7. The number of sulfonamides is 1. The number of nitrogens with zero attached hydrogens (tertiary/aromatic N) is 2. The molecule has 0 saturated carbocycles. The molecule has 2 aromatic rings. The average molecular weight is 539 g/mol. The number of amides is 2. The van der Waals surface area contributed by atoms with Gasteiger partial charge in [0.25, 0.3) is 0 Å². The Hall–Kier alpha value is -2.07. The van der Waals surface area contributed by atoms with Crippen molar-refractivity contribution in [3.8, 4) is 0 Å². The van der Waals surface area contributed by atoms with E-state index in [1.807, 2.05) is 0 Å². The van der Waals surface area contributed by atoms with Gasteiger partial charge in [-0.15, -0.1) is 0 Å². The number of anilines is 1. The lowest BCUT2D eigenvalue weighted by atomic mass is 10.1. The highest BCUT2D eigenvalue weighted by Gasteiger charge is 2.32. The van der Waals surface area contributed by atoms with E-state index in [0.29, 0.717) is 5.56 Å². The fraction of sp³-hybridized carbons (Fsp3) is 0.333. The van der Waals surface area contributed by atoms with Gasteiger partial charge in [0.05, 0.1) is 27.0 Å². The van der Waals surface area contributed by atoms with Gasteiger partial charge in [-0.3, -0.25) is 13.9 Å². The number of rotatable bonds is 9. The van der Waals surface area contributed by atoms with Crippen LogP contribution in [0.5, 0.6) is 0 Å². The summed E-state index contributed by atoms with van der Waals surface area (Å²) in [5.74, 6) is -1.54. The molecule has 33 heavy (non-hydrogen) atoms. The van der Waals surface area contributed by atoms with Gasteiger partial charge in [-0.25, -0.2) is 12.8 Å². The highest BCUT2D eigenvalue weighted by atomic mass is 35.5. The Balaban J connectivity index is 2.49. The fourth-order valence-electron chi connectivity index (χ4n) is 3.17. The molecule has 1 N–H and O–H groups in total. The van der Waals surface area contributed by atoms with Crippen molar-refractivity contribution >= 4 is 62.3 Å². The minimum atomic E-state index is -3.99. The van der Waals surface area contributed by atoms with Crippen molar-refractivity contribution in [1.82, 2.24) is 10.2 Å². The summed E-state index contributed by atoms with van der Waals surface area (Å²) in [7, 11) is -2.55. The fourth-order valence-corrected chi connectivity index (χ4v) is 4.72. The number of halogens is 4. The summed E-state index contributed by atoms with van der Waals surface area (Å²) in [5, 5.41) is 2.66. The second kappa shape index (κ2) is 11.4. The van der Waals surface area contributed by atoms with Crippen molar-refractivity contribution in [2.75, 3.05) is 24.2 Å². The van der Waals surface area contributed by atoms with Crippen molar-refractivity contribution < 1.29 is 22.4 Å². The van der Waals surface area contributed by atoms with E-state index >= 15 is 0 Å². The zero-order valence-electron chi connectivity index (χ0n) is 18.1. The van der Waals surface area contributed by atoms with Crippen molar-refractivity contribution in [2.24, 2.45) is 0 Å². The van der Waals surface area contributed by atoms with Crippen molar-refractivity contribution in [1.29, 1.82) is 0 Å². The highest BCUT2D eigenvalue weighted by molar-refractivity contribution is 7.92. The molecule has 2 amide bonds. The molecule has 0 radical (unpaired) electrons. The van der Waals surface area contributed by atoms with E-state index in [-0.39, 0.29) is 33.7 Å². The van der Waals surface area contributed by atoms with Crippen LogP contribution in [0.4, 0.5) is 10.1 Å². The van der Waals surface area contributed by atoms with E-state index in [0.717, 1.165) is 10.6 Å². The lowest BCUT2D eigenvalue weighted by Crippen LogP contribution is -2.51. The third-order valence-electron chi connectivity index (χ3n) is 4.84. The van der Waals surface area contributed by atoms with Crippen LogP contribution in [0.25, 0.3) is 0 Å². The van der Waals surface area contributed by atoms with Crippen molar-refractivity contribution in [2.45, 2.75) is 25.9 Å². The zero-order chi connectivity index (χ0) is 24.9. The molecule has 2 rings (SSSR count). The van der Waals surface area contributed by atoms with Gasteiger partial charge in [-0.05, 0) is 36.2 Å². The van der Waals surface area contributed by atoms with Crippen LogP contribution in [0.3, 0.4) is 0 Å². The van der Waals surface area contributed by atoms with Crippen LogP contribution in [0.2, 0.25) is 15.1 Å². The minimum Gasteiger partial charge on any atom is -0.357 e. The summed E-state index contributed by atoms with van der Waals surface area (Å²) in [4.78, 5) is 27.1. The molecular formula is C21H23Cl3FN3O4S. The van der Waals surface area contributed by atoms with Gasteiger partial charge in [0, 0.05) is 13.6 Å². The van der Waals surface area contributed by atoms with Crippen LogP contribution in [0, 0.1) is 5.82 Å². The number of likely N-dealkylation sites (N-methyl/N-ethyl adjacent to an activating group) is 1. The predicted molar refractivity (Wildman–Crippen MR) is 129 cm³/mol. The Morgan fingerprint density at radius 1 is 1.06 bits per heavy atom. The monoisotopic (exact) mass is 537 g/mol. The lowest BCUT2D eigenvalue weighted by Gasteiger charge is -2.32. The standard InChI is InChI=1S/C21H23Cl3FN3O4S/c1-4-18(21(30)26-2)27(11-13-5-7-14(25)8-6-13)20(29)12-28(33(3,31)32)19-10-16(23)15(22)9-17(19)24/h5-10,18H,4,11-12H2,1-3H3,(H,26,30). The number of carbonyl (C=O) groups is 2. The van der Waals surface area contributed by atoms with E-state index in [2.05, 4.69) is 5.32 Å². The Morgan fingerprint density at radius 3 is 2.15 bits per heavy atom. The van der Waals surface area contributed by atoms with Crippen molar-refractivity contribution in [3.63, 3.8) is 0 Å². The summed E-state index contributed by atoms with van der Waals surface area (Å²) < 4.78 is 39.3. The van der Waals surface area contributed by atoms with Crippen LogP contribution in [-0.4, -0.2) is 51.0 Å². The Labute approximate surface area is 207 Å². The van der Waals surface area contributed by atoms with Gasteiger partial charge in [0.15, 0.2) is 0 Å². The summed E-state index contributed by atoms with van der Waals surface area (Å²) in [6.45, 7) is 1.03. The van der Waals surface area contributed by atoms with Crippen molar-refractivity contribution in [3.05, 3.63) is 62.8 Å². The predicted octanol–water partition coefficient (Wildman–Crippen LogP) is 4.11. The van der Waals surface area contributed by atoms with Gasteiger partial charge in [-0.2, -0.15) is 0 Å². The van der Waals surface area contributed by atoms with Gasteiger partial charge < -0.3 is 10.2 Å². The molecule has 12 heteroatoms. The summed E-state index contributed by atoms with van der Waals surface area (Å²) >= 11 is 18.2. The van der Waals surface area contributed by atoms with Crippen LogP contribution in [0.15, 0.2) is 36.4 Å². The molecule has 2 aromatic carbocycles. The number of benzene rings is 2. The third-order valence-corrected chi connectivity index (χ3v) is 6.99. The zero-order valence-corrected chi connectivity index (χ0v) is 21.2. The molecule has 0 heterocycles. The molecule has 0 spiro atoms. The summed E-state index contributed by atoms with van der Waals surface area (Å²) in [5.41, 5.74) is 0.530. The van der Waals surface area contributed by atoms with E-state index in [1.165, 1.54) is 48.3 Å². The third kappa shape index (κ3) is 6.96. The van der Waals surface area contributed by atoms with Crippen LogP contribution >= 0.6 is 34.8 Å². The Bertz CT molecular complexity index is 1130. The Kier molecular flexibility index (Phi) is 9.37. The molecular weight excluding hydrogens is 516 g/mol. The first-order valence-electron chi connectivity index (χ1n) is 9.76. The second-order valence-electron chi connectivity index (χ2n) is 7.17. The topological polar surface area (TPSA) is 86.8 Å². The largest absolute Gasteiger partial charge is 0.357 e. The van der Waals surface area contributed by atoms with Crippen LogP contribution in [-0.2, 0) is 26.2 Å². The second-order valence-corrected chi connectivity index (χ2v) is 10.3. The molecule has 7 nitrogen and oxygen atoms in total. The van der Waals surface area contributed by atoms with Gasteiger partial charge in [0.1, 0.15) is 18.4 Å². The molecule has 0 aliphatic carbocycles. The highest BCUT2D eigenvalue weighted by Crippen LogP contribution is 2.35. The quantitative estimate of drug-likeness (QED) is 0.487. The molecule has 180 valence electrons. The average Bonchev–Trinajstić information content (AvgIpc) is 2.74. The molecule has 0 saturated heterocycles. The molecule has 0 aliphatic heterocycles. The maximum atomic E-state index is 13.4. The maximum absolute atomic E-state index is 13.4. The number of nitrogens with one attached hydrogen (secondary N) is 1. The first-order chi connectivity index (χ1) is 15.4. The van der Waals surface area contributed by atoms with Crippen LogP contribution in [0.1, 0.15) is 18.9 Å². The lowest BCUT2D eigenvalue weighted by molar-refractivity contribution is -0.140. The molecule has 0 fully saturated rings.